The van der Waals surface area contributed by atoms with E-state index in [4.69, 9.17) is 11.6 Å². The van der Waals surface area contributed by atoms with Crippen molar-refractivity contribution in [1.29, 1.82) is 5.26 Å². The van der Waals surface area contributed by atoms with Gasteiger partial charge in [-0.05, 0) is 55.8 Å². The third kappa shape index (κ3) is 6.05. The average molecular weight is 383 g/mol. The minimum atomic E-state index is -0.431. The van der Waals surface area contributed by atoms with Crippen molar-refractivity contribution in [3.05, 3.63) is 70.9 Å². The maximum atomic E-state index is 12.2. The largest absolute Gasteiger partial charge is 0.372 e. The standard InChI is InChI=1S/C21H23ClN4O/c1-3-26(4-2)20-11-9-19(10-12-20)24-15-17(13-23)21(27)25-14-16-5-7-18(22)8-6-16/h5-12,15,24H,3-4,14H2,1-2H3,(H,25,27)/b17-15-. The van der Waals surface area contributed by atoms with Crippen LogP contribution in [-0.2, 0) is 11.3 Å². The highest BCUT2D eigenvalue weighted by molar-refractivity contribution is 6.30. The van der Waals surface area contributed by atoms with Crippen LogP contribution in [0.3, 0.4) is 0 Å². The first-order valence-corrected chi connectivity index (χ1v) is 9.19. The lowest BCUT2D eigenvalue weighted by Gasteiger charge is -2.21. The number of nitriles is 1. The van der Waals surface area contributed by atoms with Gasteiger partial charge in [0, 0.05) is 42.2 Å². The molecule has 0 atom stereocenters. The molecule has 0 aromatic heterocycles. The SMILES string of the molecule is CCN(CC)c1ccc(N/C=C(/C#N)C(=O)NCc2ccc(Cl)cc2)cc1. The Balaban J connectivity index is 1.95. The Kier molecular flexibility index (Phi) is 7.72. The molecule has 1 amide bonds. The zero-order chi connectivity index (χ0) is 19.6. The summed E-state index contributed by atoms with van der Waals surface area (Å²) in [5.74, 6) is -0.431. The third-order valence-corrected chi connectivity index (χ3v) is 4.36. The molecular weight excluding hydrogens is 360 g/mol. The topological polar surface area (TPSA) is 68.2 Å². The molecule has 5 nitrogen and oxygen atoms in total. The van der Waals surface area contributed by atoms with Crippen molar-refractivity contribution in [3.63, 3.8) is 0 Å². The molecule has 0 fully saturated rings. The Hall–Kier alpha value is -2.97. The van der Waals surface area contributed by atoms with Crippen molar-refractivity contribution in [2.75, 3.05) is 23.3 Å². The Morgan fingerprint density at radius 3 is 2.30 bits per heavy atom. The normalized spacial score (nSPS) is 10.8. The molecule has 0 aliphatic heterocycles. The number of hydrogen-bond acceptors (Lipinski definition) is 4. The summed E-state index contributed by atoms with van der Waals surface area (Å²) >= 11 is 5.84. The van der Waals surface area contributed by atoms with Gasteiger partial charge in [0.15, 0.2) is 0 Å². The molecule has 2 aromatic rings. The van der Waals surface area contributed by atoms with Crippen LogP contribution in [0.15, 0.2) is 60.3 Å². The summed E-state index contributed by atoms with van der Waals surface area (Å²) in [5.41, 5.74) is 2.86. The highest BCUT2D eigenvalue weighted by atomic mass is 35.5. The van der Waals surface area contributed by atoms with Gasteiger partial charge in [0.1, 0.15) is 11.6 Å². The second-order valence-corrected chi connectivity index (χ2v) is 6.28. The second-order valence-electron chi connectivity index (χ2n) is 5.84. The smallest absolute Gasteiger partial charge is 0.263 e. The number of hydrogen-bond donors (Lipinski definition) is 2. The van der Waals surface area contributed by atoms with Gasteiger partial charge < -0.3 is 15.5 Å². The molecule has 0 aliphatic carbocycles. The summed E-state index contributed by atoms with van der Waals surface area (Å²) in [5, 5.41) is 15.6. The quantitative estimate of drug-likeness (QED) is 0.527. The molecule has 0 unspecified atom stereocenters. The second kappa shape index (κ2) is 10.2. The van der Waals surface area contributed by atoms with E-state index in [9.17, 15) is 10.1 Å². The van der Waals surface area contributed by atoms with Gasteiger partial charge in [-0.25, -0.2) is 0 Å². The summed E-state index contributed by atoms with van der Waals surface area (Å²) < 4.78 is 0. The van der Waals surface area contributed by atoms with Crippen molar-refractivity contribution < 1.29 is 4.79 Å². The van der Waals surface area contributed by atoms with Crippen LogP contribution in [0.4, 0.5) is 11.4 Å². The molecule has 2 aromatic carbocycles. The predicted octanol–water partition coefficient (Wildman–Crippen LogP) is 4.32. The molecule has 2 rings (SSSR count). The lowest BCUT2D eigenvalue weighted by atomic mass is 10.2. The van der Waals surface area contributed by atoms with Crippen molar-refractivity contribution in [2.45, 2.75) is 20.4 Å². The maximum Gasteiger partial charge on any atom is 0.263 e. The average Bonchev–Trinajstić information content (AvgIpc) is 2.70. The summed E-state index contributed by atoms with van der Waals surface area (Å²) in [6.45, 7) is 6.43. The first kappa shape index (κ1) is 20.3. The fourth-order valence-corrected chi connectivity index (χ4v) is 2.67. The number of nitrogens with one attached hydrogen (secondary N) is 2. The van der Waals surface area contributed by atoms with Crippen molar-refractivity contribution >= 4 is 28.9 Å². The Bertz CT molecular complexity index is 819. The van der Waals surface area contributed by atoms with Crippen LogP contribution in [0.5, 0.6) is 0 Å². The summed E-state index contributed by atoms with van der Waals surface area (Å²) in [6, 6.07) is 17.0. The van der Waals surface area contributed by atoms with Crippen LogP contribution in [0, 0.1) is 11.3 Å². The minimum Gasteiger partial charge on any atom is -0.372 e. The Morgan fingerprint density at radius 2 is 1.74 bits per heavy atom. The van der Waals surface area contributed by atoms with Crippen LogP contribution in [0.1, 0.15) is 19.4 Å². The van der Waals surface area contributed by atoms with Crippen LogP contribution in [-0.4, -0.2) is 19.0 Å². The van der Waals surface area contributed by atoms with Gasteiger partial charge in [0.25, 0.3) is 5.91 Å². The number of carbonyl (C=O) groups excluding carboxylic acids is 1. The van der Waals surface area contributed by atoms with Gasteiger partial charge in [-0.3, -0.25) is 4.79 Å². The van der Waals surface area contributed by atoms with Crippen LogP contribution >= 0.6 is 11.6 Å². The first-order valence-electron chi connectivity index (χ1n) is 8.81. The maximum absolute atomic E-state index is 12.2. The Morgan fingerprint density at radius 1 is 1.11 bits per heavy atom. The van der Waals surface area contributed by atoms with E-state index in [-0.39, 0.29) is 5.57 Å². The molecule has 0 heterocycles. The highest BCUT2D eigenvalue weighted by Gasteiger charge is 2.08. The predicted molar refractivity (Wildman–Crippen MR) is 111 cm³/mol. The van der Waals surface area contributed by atoms with Crippen LogP contribution < -0.4 is 15.5 Å². The molecule has 0 aliphatic rings. The number of anilines is 2. The molecule has 6 heteroatoms. The van der Waals surface area contributed by atoms with Crippen molar-refractivity contribution in [3.8, 4) is 6.07 Å². The van der Waals surface area contributed by atoms with E-state index in [0.717, 1.165) is 30.0 Å². The molecule has 0 bridgehead atoms. The van der Waals surface area contributed by atoms with E-state index >= 15 is 0 Å². The molecule has 0 radical (unpaired) electrons. The Labute approximate surface area is 165 Å². The van der Waals surface area contributed by atoms with Gasteiger partial charge in [-0.15, -0.1) is 0 Å². The molecule has 0 spiro atoms. The van der Waals surface area contributed by atoms with Gasteiger partial charge in [0.2, 0.25) is 0 Å². The van der Waals surface area contributed by atoms with Gasteiger partial charge in [0.05, 0.1) is 0 Å². The minimum absolute atomic E-state index is 0.0109. The molecule has 0 saturated heterocycles. The van der Waals surface area contributed by atoms with Gasteiger partial charge in [-0.1, -0.05) is 23.7 Å². The summed E-state index contributed by atoms with van der Waals surface area (Å²) in [4.78, 5) is 14.4. The number of nitrogens with zero attached hydrogens (tertiary/aromatic N) is 2. The molecule has 140 valence electrons. The molecule has 0 saturated carbocycles. The summed E-state index contributed by atoms with van der Waals surface area (Å²) in [7, 11) is 0. The lowest BCUT2D eigenvalue weighted by Crippen LogP contribution is -2.24. The fraction of sp³-hybridized carbons (Fsp3) is 0.238. The van der Waals surface area contributed by atoms with Gasteiger partial charge >= 0.3 is 0 Å². The molecule has 27 heavy (non-hydrogen) atoms. The number of benzene rings is 2. The van der Waals surface area contributed by atoms with E-state index in [1.54, 1.807) is 12.1 Å². The van der Waals surface area contributed by atoms with Gasteiger partial charge in [-0.2, -0.15) is 5.26 Å². The number of rotatable bonds is 8. The van der Waals surface area contributed by atoms with E-state index in [1.165, 1.54) is 6.20 Å². The monoisotopic (exact) mass is 382 g/mol. The number of amides is 1. The third-order valence-electron chi connectivity index (χ3n) is 4.11. The van der Waals surface area contributed by atoms with E-state index in [0.29, 0.717) is 11.6 Å². The van der Waals surface area contributed by atoms with E-state index in [1.807, 2.05) is 42.5 Å². The van der Waals surface area contributed by atoms with Crippen LogP contribution in [0.25, 0.3) is 0 Å². The zero-order valence-electron chi connectivity index (χ0n) is 15.5. The molecule has 2 N–H and O–H groups in total. The van der Waals surface area contributed by atoms with Crippen molar-refractivity contribution in [1.82, 2.24) is 5.32 Å². The highest BCUT2D eigenvalue weighted by Crippen LogP contribution is 2.18. The molecular formula is C21H23ClN4O. The zero-order valence-corrected chi connectivity index (χ0v) is 16.3. The number of halogens is 1. The van der Waals surface area contributed by atoms with E-state index < -0.39 is 5.91 Å². The van der Waals surface area contributed by atoms with E-state index in [2.05, 4.69) is 29.4 Å². The fourth-order valence-electron chi connectivity index (χ4n) is 2.54. The lowest BCUT2D eigenvalue weighted by molar-refractivity contribution is -0.117. The van der Waals surface area contributed by atoms with Crippen LogP contribution in [0.2, 0.25) is 5.02 Å². The number of carbonyl (C=O) groups is 1. The van der Waals surface area contributed by atoms with Crippen molar-refractivity contribution in [2.24, 2.45) is 0 Å². The first-order chi connectivity index (χ1) is 13.1. The summed E-state index contributed by atoms with van der Waals surface area (Å²) in [6.07, 6.45) is 1.42.